The van der Waals surface area contributed by atoms with Gasteiger partial charge in [0.1, 0.15) is 0 Å². The zero-order valence-corrected chi connectivity index (χ0v) is 11.5. The zero-order chi connectivity index (χ0) is 14.1. The lowest BCUT2D eigenvalue weighted by Crippen LogP contribution is -2.02. The summed E-state index contributed by atoms with van der Waals surface area (Å²) in [6, 6.07) is 16.4. The molecule has 21 heavy (non-hydrogen) atoms. The van der Waals surface area contributed by atoms with Crippen molar-refractivity contribution in [1.82, 2.24) is 10.2 Å². The molecular formula is C17H14N4. The van der Waals surface area contributed by atoms with Gasteiger partial charge in [-0.15, -0.1) is 5.10 Å². The Morgan fingerprint density at radius 2 is 1.81 bits per heavy atom. The van der Waals surface area contributed by atoms with Crippen LogP contribution in [0.5, 0.6) is 0 Å². The van der Waals surface area contributed by atoms with E-state index >= 15 is 0 Å². The third kappa shape index (κ3) is 2.14. The molecule has 0 radical (unpaired) electrons. The maximum atomic E-state index is 4.55. The van der Waals surface area contributed by atoms with Crippen LogP contribution in [0.15, 0.2) is 59.8 Å². The number of nitrogens with one attached hydrogen (secondary N) is 1. The van der Waals surface area contributed by atoms with Crippen molar-refractivity contribution in [2.24, 2.45) is 5.10 Å². The Bertz CT molecular complexity index is 834. The number of hydrogen-bond acceptors (Lipinski definition) is 4. The number of rotatable bonds is 2. The maximum Gasteiger partial charge on any atom is 0.176 e. The standard InChI is InChI=1S/C17H14N4/c1-3-7-14-12(5-1)9-10-16(14)19-21-17-15-8-4-2-6-13(15)11-18-20-17/h1-8,11H,9-10H2,(H,20,21). The van der Waals surface area contributed by atoms with Crippen LogP contribution in [0.3, 0.4) is 0 Å². The van der Waals surface area contributed by atoms with Gasteiger partial charge in [-0.2, -0.15) is 10.2 Å². The average molecular weight is 274 g/mol. The molecule has 0 saturated carbocycles. The van der Waals surface area contributed by atoms with E-state index in [1.54, 1.807) is 6.20 Å². The van der Waals surface area contributed by atoms with Gasteiger partial charge in [0, 0.05) is 16.3 Å². The van der Waals surface area contributed by atoms with E-state index < -0.39 is 0 Å². The van der Waals surface area contributed by atoms with Crippen LogP contribution in [-0.2, 0) is 6.42 Å². The fourth-order valence-corrected chi connectivity index (χ4v) is 2.75. The molecule has 0 aliphatic heterocycles. The average Bonchev–Trinajstić information content (AvgIpc) is 2.96. The monoisotopic (exact) mass is 274 g/mol. The van der Waals surface area contributed by atoms with Crippen LogP contribution in [0.25, 0.3) is 10.8 Å². The molecule has 0 unspecified atom stereocenters. The third-order valence-corrected chi connectivity index (χ3v) is 3.83. The number of nitrogens with zero attached hydrogens (tertiary/aromatic N) is 3. The second-order valence-electron chi connectivity index (χ2n) is 5.11. The van der Waals surface area contributed by atoms with E-state index in [1.165, 1.54) is 11.1 Å². The molecule has 4 nitrogen and oxygen atoms in total. The van der Waals surface area contributed by atoms with Gasteiger partial charge in [-0.05, 0) is 18.4 Å². The number of aromatic nitrogens is 2. The largest absolute Gasteiger partial charge is 0.259 e. The highest BCUT2D eigenvalue weighted by Crippen LogP contribution is 2.23. The first-order chi connectivity index (χ1) is 10.4. The number of fused-ring (bicyclic) bond motifs is 2. The zero-order valence-electron chi connectivity index (χ0n) is 11.5. The number of aryl methyl sites for hydroxylation is 1. The van der Waals surface area contributed by atoms with Crippen LogP contribution in [0.4, 0.5) is 5.82 Å². The third-order valence-electron chi connectivity index (χ3n) is 3.83. The smallest absolute Gasteiger partial charge is 0.176 e. The van der Waals surface area contributed by atoms with Crippen molar-refractivity contribution in [3.8, 4) is 0 Å². The summed E-state index contributed by atoms with van der Waals surface area (Å²) in [6.07, 6.45) is 3.78. The first-order valence-corrected chi connectivity index (χ1v) is 7.03. The van der Waals surface area contributed by atoms with Crippen molar-refractivity contribution >= 4 is 22.3 Å². The molecule has 1 aliphatic rings. The van der Waals surface area contributed by atoms with Crippen molar-refractivity contribution < 1.29 is 0 Å². The van der Waals surface area contributed by atoms with Crippen molar-refractivity contribution in [3.05, 3.63) is 65.9 Å². The summed E-state index contributed by atoms with van der Waals surface area (Å²) in [5, 5.41) is 14.8. The van der Waals surface area contributed by atoms with E-state index in [0.717, 1.165) is 29.3 Å². The van der Waals surface area contributed by atoms with Crippen LogP contribution in [-0.4, -0.2) is 15.9 Å². The summed E-state index contributed by atoms with van der Waals surface area (Å²) in [5.74, 6) is 0.699. The van der Waals surface area contributed by atoms with Gasteiger partial charge >= 0.3 is 0 Å². The van der Waals surface area contributed by atoms with E-state index in [4.69, 9.17) is 0 Å². The molecular weight excluding hydrogens is 260 g/mol. The minimum atomic E-state index is 0.699. The van der Waals surface area contributed by atoms with Gasteiger partial charge in [-0.3, -0.25) is 5.43 Å². The fraction of sp³-hybridized carbons (Fsp3) is 0.118. The lowest BCUT2D eigenvalue weighted by Gasteiger charge is -2.05. The van der Waals surface area contributed by atoms with Crippen LogP contribution >= 0.6 is 0 Å². The Morgan fingerprint density at radius 1 is 0.952 bits per heavy atom. The second-order valence-corrected chi connectivity index (χ2v) is 5.11. The molecule has 1 heterocycles. The van der Waals surface area contributed by atoms with Gasteiger partial charge in [0.05, 0.1) is 11.9 Å². The predicted molar refractivity (Wildman–Crippen MR) is 84.5 cm³/mol. The maximum absolute atomic E-state index is 4.55. The molecule has 102 valence electrons. The van der Waals surface area contributed by atoms with Gasteiger partial charge in [0.2, 0.25) is 0 Å². The summed E-state index contributed by atoms with van der Waals surface area (Å²) >= 11 is 0. The van der Waals surface area contributed by atoms with E-state index in [0.29, 0.717) is 5.82 Å². The van der Waals surface area contributed by atoms with Crippen LogP contribution < -0.4 is 5.43 Å². The molecule has 0 amide bonds. The van der Waals surface area contributed by atoms with Gasteiger partial charge in [0.15, 0.2) is 5.82 Å². The van der Waals surface area contributed by atoms with Crippen molar-refractivity contribution in [3.63, 3.8) is 0 Å². The van der Waals surface area contributed by atoms with Gasteiger partial charge < -0.3 is 0 Å². The predicted octanol–water partition coefficient (Wildman–Crippen LogP) is 3.39. The minimum Gasteiger partial charge on any atom is -0.259 e. The molecule has 0 atom stereocenters. The molecule has 1 aromatic heterocycles. The van der Waals surface area contributed by atoms with E-state index in [-0.39, 0.29) is 0 Å². The highest BCUT2D eigenvalue weighted by molar-refractivity contribution is 6.05. The Balaban J connectivity index is 1.69. The van der Waals surface area contributed by atoms with Crippen LogP contribution in [0.2, 0.25) is 0 Å². The molecule has 0 spiro atoms. The number of hydrazone groups is 1. The number of benzene rings is 2. The van der Waals surface area contributed by atoms with Gasteiger partial charge in [0.25, 0.3) is 0 Å². The van der Waals surface area contributed by atoms with E-state index in [2.05, 4.69) is 45.0 Å². The lowest BCUT2D eigenvalue weighted by molar-refractivity contribution is 1.03. The molecule has 1 aliphatic carbocycles. The van der Waals surface area contributed by atoms with Crippen molar-refractivity contribution in [2.75, 3.05) is 5.43 Å². The van der Waals surface area contributed by atoms with E-state index in [9.17, 15) is 0 Å². The summed E-state index contributed by atoms with van der Waals surface area (Å²) in [4.78, 5) is 0. The Hall–Kier alpha value is -2.75. The lowest BCUT2D eigenvalue weighted by atomic mass is 10.1. The molecule has 4 heteroatoms. The van der Waals surface area contributed by atoms with Crippen LogP contribution in [0.1, 0.15) is 17.5 Å². The van der Waals surface area contributed by atoms with Gasteiger partial charge in [-0.1, -0.05) is 48.5 Å². The SMILES string of the molecule is c1ccc2c(c1)CCC2=NNc1nncc2ccccc12. The highest BCUT2D eigenvalue weighted by Gasteiger charge is 2.16. The first kappa shape index (κ1) is 12.0. The second kappa shape index (κ2) is 4.98. The van der Waals surface area contributed by atoms with Gasteiger partial charge in [-0.25, -0.2) is 0 Å². The Kier molecular flexibility index (Phi) is 2.85. The molecule has 3 aromatic rings. The van der Waals surface area contributed by atoms with Crippen molar-refractivity contribution in [1.29, 1.82) is 0 Å². The quantitative estimate of drug-likeness (QED) is 0.729. The summed E-state index contributed by atoms with van der Waals surface area (Å²) in [6.45, 7) is 0. The fourth-order valence-electron chi connectivity index (χ4n) is 2.75. The summed E-state index contributed by atoms with van der Waals surface area (Å²) in [7, 11) is 0. The molecule has 0 saturated heterocycles. The molecule has 0 bridgehead atoms. The minimum absolute atomic E-state index is 0.699. The molecule has 1 N–H and O–H groups in total. The number of hydrogen-bond donors (Lipinski definition) is 1. The number of anilines is 1. The highest BCUT2D eigenvalue weighted by atomic mass is 15.3. The van der Waals surface area contributed by atoms with E-state index in [1.807, 2.05) is 24.3 Å². The van der Waals surface area contributed by atoms with Crippen LogP contribution in [0, 0.1) is 0 Å². The topological polar surface area (TPSA) is 50.2 Å². The molecule has 0 fully saturated rings. The molecule has 4 rings (SSSR count). The normalized spacial score (nSPS) is 15.3. The molecule has 2 aromatic carbocycles. The summed E-state index contributed by atoms with van der Waals surface area (Å²) < 4.78 is 0. The Morgan fingerprint density at radius 3 is 2.81 bits per heavy atom. The first-order valence-electron chi connectivity index (χ1n) is 7.03. The Labute approximate surface area is 122 Å². The summed E-state index contributed by atoms with van der Waals surface area (Å²) in [5.41, 5.74) is 6.77. The van der Waals surface area contributed by atoms with Crippen molar-refractivity contribution in [2.45, 2.75) is 12.8 Å².